The first-order valence-electron chi connectivity index (χ1n) is 6.69. The molecule has 2 aromatic heterocycles. The van der Waals surface area contributed by atoms with Crippen LogP contribution in [-0.4, -0.2) is 51.1 Å². The molecule has 0 aliphatic carbocycles. The smallest absolute Gasteiger partial charge is 0.314 e. The van der Waals surface area contributed by atoms with Gasteiger partial charge < -0.3 is 9.15 Å². The van der Waals surface area contributed by atoms with Crippen molar-refractivity contribution in [2.75, 3.05) is 31.1 Å². The fraction of sp³-hybridized carbons (Fsp3) is 0.538. The Bertz CT molecular complexity index is 712. The zero-order chi connectivity index (χ0) is 17.0. The topological polar surface area (TPSA) is 83.0 Å². The van der Waals surface area contributed by atoms with Gasteiger partial charge in [0.2, 0.25) is 5.89 Å². The van der Waals surface area contributed by atoms with E-state index in [2.05, 4.69) is 34.1 Å². The molecule has 0 aliphatic heterocycles. The number of ether oxygens (including phenoxy) is 1. The summed E-state index contributed by atoms with van der Waals surface area (Å²) >= 11 is 0. The van der Waals surface area contributed by atoms with Gasteiger partial charge in [-0.1, -0.05) is 0 Å². The highest BCUT2D eigenvalue weighted by molar-refractivity contribution is 8.32. The largest absolute Gasteiger partial charge is 0.415 e. The zero-order valence-corrected chi connectivity index (χ0v) is 13.8. The van der Waals surface area contributed by atoms with E-state index in [1.165, 1.54) is 12.3 Å². The van der Waals surface area contributed by atoms with Crippen LogP contribution in [-0.2, 0) is 11.5 Å². The van der Waals surface area contributed by atoms with Gasteiger partial charge in [0.25, 0.3) is 11.4 Å². The Morgan fingerprint density at radius 1 is 1.35 bits per heavy atom. The molecule has 2 aromatic rings. The summed E-state index contributed by atoms with van der Waals surface area (Å²) in [4.78, 5) is 11.9. The minimum absolute atomic E-state index is 0.0285. The monoisotopic (exact) mass is 348 g/mol. The van der Waals surface area contributed by atoms with Crippen molar-refractivity contribution in [2.24, 2.45) is 0 Å². The molecule has 0 radical (unpaired) electrons. The Labute approximate surface area is 133 Å². The molecule has 0 atom stereocenters. The average molecular weight is 348 g/mol. The number of halogens is 2. The molecule has 2 rings (SSSR count). The molecule has 0 unspecified atom stereocenters. The summed E-state index contributed by atoms with van der Waals surface area (Å²) in [5, 5.41) is 10.6. The van der Waals surface area contributed by atoms with Crippen LogP contribution in [0, 0.1) is 0 Å². The van der Waals surface area contributed by atoms with E-state index >= 15 is 0 Å². The highest BCUT2D eigenvalue weighted by Gasteiger charge is 2.17. The van der Waals surface area contributed by atoms with Crippen LogP contribution in [0.3, 0.4) is 0 Å². The quantitative estimate of drug-likeness (QED) is 0.711. The number of alkyl halides is 2. The normalized spacial score (nSPS) is 12.8. The van der Waals surface area contributed by atoms with Crippen LogP contribution in [0.1, 0.15) is 12.3 Å². The third kappa shape index (κ3) is 5.10. The van der Waals surface area contributed by atoms with E-state index in [0.29, 0.717) is 6.61 Å². The van der Waals surface area contributed by atoms with Gasteiger partial charge in [0.15, 0.2) is 0 Å². The summed E-state index contributed by atoms with van der Waals surface area (Å²) in [6.07, 6.45) is 4.96. The van der Waals surface area contributed by atoms with Crippen molar-refractivity contribution in [2.45, 2.75) is 13.2 Å². The molecule has 0 N–H and O–H groups in total. The van der Waals surface area contributed by atoms with Gasteiger partial charge in [-0.25, -0.2) is 14.7 Å². The lowest BCUT2D eigenvalue weighted by Gasteiger charge is -2.24. The van der Waals surface area contributed by atoms with Crippen molar-refractivity contribution in [1.82, 2.24) is 20.0 Å². The standard InChI is InChI=1S/C13H18F2N4O3S/c1-23(2,3)5-4-21-8-19-10(20)6-9(7-16-19)12-17-18-13(22-12)11(14)15/h6-7,11H,4-5,8H2,1-3H3. The van der Waals surface area contributed by atoms with Crippen LogP contribution in [0.5, 0.6) is 0 Å². The van der Waals surface area contributed by atoms with Crippen LogP contribution < -0.4 is 5.56 Å². The van der Waals surface area contributed by atoms with Crippen LogP contribution in [0.2, 0.25) is 0 Å². The van der Waals surface area contributed by atoms with Gasteiger partial charge in [-0.3, -0.25) is 4.79 Å². The van der Waals surface area contributed by atoms with E-state index in [-0.39, 0.29) is 18.2 Å². The van der Waals surface area contributed by atoms with Crippen molar-refractivity contribution in [1.29, 1.82) is 0 Å². The predicted molar refractivity (Wildman–Crippen MR) is 82.9 cm³/mol. The first kappa shape index (κ1) is 17.5. The fourth-order valence-electron chi connectivity index (χ4n) is 1.55. The Balaban J connectivity index is 2.01. The van der Waals surface area contributed by atoms with Crippen LogP contribution in [0.25, 0.3) is 11.5 Å². The summed E-state index contributed by atoms with van der Waals surface area (Å²) in [5.41, 5.74) is -0.257. The van der Waals surface area contributed by atoms with E-state index < -0.39 is 27.9 Å². The summed E-state index contributed by atoms with van der Waals surface area (Å²) in [6.45, 7) is 0.566. The molecule has 128 valence electrons. The lowest BCUT2D eigenvalue weighted by atomic mass is 10.3. The minimum atomic E-state index is -2.86. The molecule has 0 saturated carbocycles. The summed E-state index contributed by atoms with van der Waals surface area (Å²) in [6, 6.07) is 1.19. The molecule has 0 amide bonds. The molecule has 0 saturated heterocycles. The number of rotatable bonds is 7. The molecule has 2 heterocycles. The van der Waals surface area contributed by atoms with Gasteiger partial charge in [-0.2, -0.15) is 13.9 Å². The molecule has 10 heteroatoms. The number of hydrogen-bond acceptors (Lipinski definition) is 6. The predicted octanol–water partition coefficient (Wildman–Crippen LogP) is 1.90. The first-order valence-corrected chi connectivity index (χ1v) is 9.72. The second-order valence-electron chi connectivity index (χ2n) is 5.66. The second kappa shape index (κ2) is 7.18. The van der Waals surface area contributed by atoms with E-state index in [1.807, 2.05) is 0 Å². The molecule has 7 nitrogen and oxygen atoms in total. The highest BCUT2D eigenvalue weighted by Crippen LogP contribution is 2.33. The van der Waals surface area contributed by atoms with Crippen LogP contribution in [0.4, 0.5) is 8.78 Å². The minimum Gasteiger partial charge on any atom is -0.415 e. The average Bonchev–Trinajstić information content (AvgIpc) is 2.93. The van der Waals surface area contributed by atoms with E-state index in [1.54, 1.807) is 0 Å². The van der Waals surface area contributed by atoms with Gasteiger partial charge in [0, 0.05) is 11.8 Å². The second-order valence-corrected chi connectivity index (χ2v) is 10.3. The maximum absolute atomic E-state index is 12.4. The first-order chi connectivity index (χ1) is 10.8. The lowest BCUT2D eigenvalue weighted by molar-refractivity contribution is 0.0773. The third-order valence-corrected chi connectivity index (χ3v) is 4.19. The van der Waals surface area contributed by atoms with Gasteiger partial charge in [0.05, 0.1) is 18.4 Å². The molecular weight excluding hydrogens is 330 g/mol. The zero-order valence-electron chi connectivity index (χ0n) is 13.0. The van der Waals surface area contributed by atoms with Crippen molar-refractivity contribution in [3.63, 3.8) is 0 Å². The molecule has 0 bridgehead atoms. The summed E-state index contributed by atoms with van der Waals surface area (Å²) < 4.78 is 36.1. The van der Waals surface area contributed by atoms with Gasteiger partial charge in [-0.05, 0) is 18.8 Å². The van der Waals surface area contributed by atoms with Gasteiger partial charge >= 0.3 is 6.43 Å². The molecule has 0 aromatic carbocycles. The molecular formula is C13H18F2N4O3S. The third-order valence-electron chi connectivity index (χ3n) is 2.80. The van der Waals surface area contributed by atoms with Crippen molar-refractivity contribution in [3.8, 4) is 11.5 Å². The van der Waals surface area contributed by atoms with Crippen molar-refractivity contribution < 1.29 is 17.9 Å². The van der Waals surface area contributed by atoms with Crippen LogP contribution in [0.15, 0.2) is 21.5 Å². The maximum atomic E-state index is 12.4. The van der Waals surface area contributed by atoms with Crippen LogP contribution >= 0.6 is 10.0 Å². The fourth-order valence-corrected chi connectivity index (χ4v) is 2.16. The Hall–Kier alpha value is -1.81. The highest BCUT2D eigenvalue weighted by atomic mass is 32.3. The molecule has 23 heavy (non-hydrogen) atoms. The Morgan fingerprint density at radius 2 is 2.09 bits per heavy atom. The van der Waals surface area contributed by atoms with Crippen molar-refractivity contribution in [3.05, 3.63) is 28.5 Å². The van der Waals surface area contributed by atoms with E-state index in [0.717, 1.165) is 10.4 Å². The Morgan fingerprint density at radius 3 is 2.65 bits per heavy atom. The summed E-state index contributed by atoms with van der Waals surface area (Å²) in [5.74, 6) is -0.0374. The Kier molecular flexibility index (Phi) is 5.47. The van der Waals surface area contributed by atoms with Crippen molar-refractivity contribution >= 4 is 10.0 Å². The SMILES string of the molecule is CS(C)(C)CCOCn1ncc(-c2nnc(C(F)F)o2)cc1=O. The maximum Gasteiger partial charge on any atom is 0.314 e. The summed E-state index contributed by atoms with van der Waals surface area (Å²) in [7, 11) is -0.658. The molecule has 0 fully saturated rings. The van der Waals surface area contributed by atoms with E-state index in [9.17, 15) is 13.6 Å². The number of aromatic nitrogens is 4. The number of nitrogens with zero attached hydrogens (tertiary/aromatic N) is 4. The van der Waals surface area contributed by atoms with E-state index in [4.69, 9.17) is 9.15 Å². The van der Waals surface area contributed by atoms with Gasteiger partial charge in [-0.15, -0.1) is 10.2 Å². The molecule has 0 aliphatic rings. The number of hydrogen-bond donors (Lipinski definition) is 0. The van der Waals surface area contributed by atoms with Gasteiger partial charge in [0.1, 0.15) is 6.73 Å². The lowest BCUT2D eigenvalue weighted by Crippen LogP contribution is -2.24. The molecule has 0 spiro atoms.